The fraction of sp³-hybridized carbons (Fsp3) is 0.691. The molecule has 25 heteroatoms. The maximum atomic E-state index is 14.8. The van der Waals surface area contributed by atoms with E-state index in [0.29, 0.717) is 5.56 Å². The zero-order valence-electron chi connectivity index (χ0n) is 50.3. The molecule has 2 heterocycles. The molecular formula is C55H88N10O15. The Kier molecular flexibility index (Phi) is 20.7. The Hall–Kier alpha value is -7.21. The molecule has 2 saturated heterocycles. The number of methoxy groups -OCH3 is 1. The standard InChI is InChI=1S/C55H88N10O15/c1-46(2,3)79-44(75)64-29-25-54(26-30-64,62-39(70)51(13,14)57-37(68)52(15,16)63-43(74)78-33-34-23-21-20-22-24-34)40(71)59-48(7,8)35(66)56-50(11,12)38(69)61-55(27-31-65(32-28-55)45(76)80-47(4,5)6)41(72)60-49(9,10)36(67)58-53(17,18)42(73)77-19/h20-24H,25-33H2,1-19H3,(H,56,66)(H,57,68)(H,58,67)(H,59,71)(H,60,72)(H,61,69)(H,62,70)(H,63,74). The molecule has 0 atom stereocenters. The zero-order chi connectivity index (χ0) is 61.5. The molecule has 0 aliphatic carbocycles. The molecule has 0 radical (unpaired) electrons. The number of hydrogen-bond acceptors (Lipinski definition) is 15. The van der Waals surface area contributed by atoms with Crippen LogP contribution in [0.5, 0.6) is 0 Å². The Bertz CT molecular complexity index is 2510. The Morgan fingerprint density at radius 1 is 0.438 bits per heavy atom. The highest BCUT2D eigenvalue weighted by atomic mass is 16.6. The maximum absolute atomic E-state index is 14.8. The Balaban J connectivity index is 1.89. The fourth-order valence-electron chi connectivity index (χ4n) is 8.09. The monoisotopic (exact) mass is 1130 g/mol. The molecule has 0 aromatic heterocycles. The number of amides is 10. The van der Waals surface area contributed by atoms with Crippen LogP contribution in [0.3, 0.4) is 0 Å². The summed E-state index contributed by atoms with van der Waals surface area (Å²) in [7, 11) is 1.16. The second kappa shape index (κ2) is 24.7. The molecule has 448 valence electrons. The summed E-state index contributed by atoms with van der Waals surface area (Å²) in [6.07, 6.45) is -2.91. The quantitative estimate of drug-likeness (QED) is 0.0774. The van der Waals surface area contributed by atoms with E-state index in [1.807, 2.05) is 6.07 Å². The molecule has 25 nitrogen and oxygen atoms in total. The van der Waals surface area contributed by atoms with E-state index in [2.05, 4.69) is 42.5 Å². The number of piperidine rings is 2. The third-order valence-corrected chi connectivity index (χ3v) is 13.4. The first kappa shape index (κ1) is 67.1. The first-order chi connectivity index (χ1) is 36.2. The normalized spacial score (nSPS) is 16.0. The van der Waals surface area contributed by atoms with Crippen LogP contribution in [0.25, 0.3) is 0 Å². The highest BCUT2D eigenvalue weighted by Crippen LogP contribution is 2.29. The van der Waals surface area contributed by atoms with Gasteiger partial charge in [-0.2, -0.15) is 0 Å². The van der Waals surface area contributed by atoms with Crippen LogP contribution in [0.4, 0.5) is 14.4 Å². The molecule has 0 unspecified atom stereocenters. The van der Waals surface area contributed by atoms with E-state index in [-0.39, 0.29) is 58.5 Å². The van der Waals surface area contributed by atoms with Gasteiger partial charge in [0.15, 0.2) is 0 Å². The molecular weight excluding hydrogens is 1040 g/mol. The number of carbonyl (C=O) groups is 11. The van der Waals surface area contributed by atoms with Crippen molar-refractivity contribution in [3.8, 4) is 0 Å². The number of nitrogens with zero attached hydrogens (tertiary/aromatic N) is 2. The minimum atomic E-state index is -1.84. The van der Waals surface area contributed by atoms with Gasteiger partial charge in [-0.25, -0.2) is 19.2 Å². The number of rotatable bonds is 18. The van der Waals surface area contributed by atoms with Gasteiger partial charge in [0.2, 0.25) is 41.4 Å². The maximum Gasteiger partial charge on any atom is 0.410 e. The van der Waals surface area contributed by atoms with E-state index in [0.717, 1.165) is 7.11 Å². The van der Waals surface area contributed by atoms with Crippen LogP contribution in [0.15, 0.2) is 30.3 Å². The summed E-state index contributed by atoms with van der Waals surface area (Å²) < 4.78 is 21.2. The largest absolute Gasteiger partial charge is 0.467 e. The predicted octanol–water partition coefficient (Wildman–Crippen LogP) is 3.11. The van der Waals surface area contributed by atoms with Gasteiger partial charge in [-0.3, -0.25) is 33.6 Å². The van der Waals surface area contributed by atoms with Crippen molar-refractivity contribution in [3.63, 3.8) is 0 Å². The van der Waals surface area contributed by atoms with Crippen LogP contribution in [-0.2, 0) is 63.9 Å². The minimum Gasteiger partial charge on any atom is -0.467 e. The molecule has 0 saturated carbocycles. The van der Waals surface area contributed by atoms with E-state index >= 15 is 0 Å². The van der Waals surface area contributed by atoms with Gasteiger partial charge in [0.1, 0.15) is 62.1 Å². The van der Waals surface area contributed by atoms with Crippen molar-refractivity contribution in [2.24, 2.45) is 0 Å². The summed E-state index contributed by atoms with van der Waals surface area (Å²) in [6.45, 7) is 26.5. The van der Waals surface area contributed by atoms with Crippen molar-refractivity contribution in [1.29, 1.82) is 0 Å². The summed E-state index contributed by atoms with van der Waals surface area (Å²) in [6, 6.07) is 8.88. The van der Waals surface area contributed by atoms with Crippen LogP contribution in [-0.4, -0.2) is 164 Å². The van der Waals surface area contributed by atoms with E-state index in [1.54, 1.807) is 65.8 Å². The molecule has 3 rings (SSSR count). The SMILES string of the molecule is COC(=O)C(C)(C)NC(=O)C(C)(C)NC(=O)C1(NC(=O)C(C)(C)NC(=O)C(C)(C)NC(=O)C2(NC(=O)C(C)(C)NC(=O)C(C)(C)NC(=O)OCc3ccccc3)CCN(C(=O)OC(C)(C)C)CC2)CCN(C(=O)OC(C)(C)C)CC1. The smallest absolute Gasteiger partial charge is 0.410 e. The molecule has 2 aliphatic rings. The first-order valence-electron chi connectivity index (χ1n) is 26.6. The summed E-state index contributed by atoms with van der Waals surface area (Å²) in [5.74, 6) is -6.53. The first-order valence-corrected chi connectivity index (χ1v) is 26.6. The molecule has 10 amide bonds. The molecule has 2 fully saturated rings. The number of alkyl carbamates (subject to hydrolysis) is 1. The fourth-order valence-corrected chi connectivity index (χ4v) is 8.09. The van der Waals surface area contributed by atoms with Gasteiger partial charge in [-0.1, -0.05) is 30.3 Å². The Labute approximate surface area is 469 Å². The summed E-state index contributed by atoms with van der Waals surface area (Å²) in [5, 5.41) is 21.4. The van der Waals surface area contributed by atoms with E-state index in [1.165, 1.54) is 92.9 Å². The minimum absolute atomic E-state index is 0.0660. The van der Waals surface area contributed by atoms with Crippen LogP contribution in [0.1, 0.15) is 156 Å². The average Bonchev–Trinajstić information content (AvgIpc) is 3.31. The van der Waals surface area contributed by atoms with Crippen LogP contribution < -0.4 is 42.5 Å². The molecule has 1 aromatic carbocycles. The van der Waals surface area contributed by atoms with Crippen LogP contribution in [0.2, 0.25) is 0 Å². The van der Waals surface area contributed by atoms with Gasteiger partial charge in [0.05, 0.1) is 7.11 Å². The lowest BCUT2D eigenvalue weighted by Gasteiger charge is -2.45. The van der Waals surface area contributed by atoms with E-state index in [9.17, 15) is 52.7 Å². The summed E-state index contributed by atoms with van der Waals surface area (Å²) >= 11 is 0. The molecule has 1 aromatic rings. The van der Waals surface area contributed by atoms with E-state index < -0.39 is 121 Å². The number of ether oxygens (including phenoxy) is 4. The number of benzene rings is 1. The van der Waals surface area contributed by atoms with Crippen molar-refractivity contribution in [2.45, 2.75) is 212 Å². The Morgan fingerprint density at radius 2 is 0.750 bits per heavy atom. The molecule has 2 aliphatic heterocycles. The van der Waals surface area contributed by atoms with Crippen LogP contribution >= 0.6 is 0 Å². The number of nitrogens with one attached hydrogen (secondary N) is 8. The predicted molar refractivity (Wildman–Crippen MR) is 293 cm³/mol. The second-order valence-electron chi connectivity index (χ2n) is 25.7. The number of likely N-dealkylation sites (tertiary alicyclic amines) is 2. The van der Waals surface area contributed by atoms with Crippen LogP contribution in [0, 0.1) is 0 Å². The molecule has 80 heavy (non-hydrogen) atoms. The average molecular weight is 1130 g/mol. The third kappa shape index (κ3) is 18.2. The van der Waals surface area contributed by atoms with Gasteiger partial charge in [-0.15, -0.1) is 0 Å². The Morgan fingerprint density at radius 3 is 1.07 bits per heavy atom. The van der Waals surface area contributed by atoms with Gasteiger partial charge < -0.3 is 71.3 Å². The molecule has 8 N–H and O–H groups in total. The zero-order valence-corrected chi connectivity index (χ0v) is 50.3. The van der Waals surface area contributed by atoms with E-state index in [4.69, 9.17) is 18.9 Å². The lowest BCUT2D eigenvalue weighted by Crippen LogP contribution is -2.73. The number of hydrogen-bond donors (Lipinski definition) is 8. The van der Waals surface area contributed by atoms with Gasteiger partial charge in [-0.05, 0) is 156 Å². The van der Waals surface area contributed by atoms with Crippen molar-refractivity contribution >= 4 is 65.6 Å². The number of carbonyl (C=O) groups excluding carboxylic acids is 11. The number of esters is 1. The van der Waals surface area contributed by atoms with Crippen molar-refractivity contribution in [1.82, 2.24) is 52.3 Å². The van der Waals surface area contributed by atoms with Crippen molar-refractivity contribution in [3.05, 3.63) is 35.9 Å². The second-order valence-corrected chi connectivity index (χ2v) is 25.7. The topological polar surface area (TPSA) is 327 Å². The van der Waals surface area contributed by atoms with Crippen molar-refractivity contribution in [2.75, 3.05) is 33.3 Å². The third-order valence-electron chi connectivity index (χ3n) is 13.4. The lowest BCUT2D eigenvalue weighted by molar-refractivity contribution is -0.150. The summed E-state index contributed by atoms with van der Waals surface area (Å²) in [5.41, 5.74) is -14.8. The van der Waals surface area contributed by atoms with Gasteiger partial charge >= 0.3 is 24.2 Å². The molecule has 0 spiro atoms. The molecule has 0 bridgehead atoms. The highest BCUT2D eigenvalue weighted by Gasteiger charge is 2.52. The lowest BCUT2D eigenvalue weighted by atomic mass is 9.83. The van der Waals surface area contributed by atoms with Gasteiger partial charge in [0.25, 0.3) is 0 Å². The van der Waals surface area contributed by atoms with Gasteiger partial charge in [0, 0.05) is 26.2 Å². The van der Waals surface area contributed by atoms with Crippen molar-refractivity contribution < 1.29 is 71.7 Å². The summed E-state index contributed by atoms with van der Waals surface area (Å²) in [4.78, 5) is 154. The highest BCUT2D eigenvalue weighted by molar-refractivity contribution is 6.03.